The maximum Gasteiger partial charge on any atom is 0.163 e. The Kier molecular flexibility index (Phi) is 3.92. The fraction of sp³-hybridized carbons (Fsp3) is 0.350. The largest absolute Gasteiger partial charge is 0.294 e. The van der Waals surface area contributed by atoms with Gasteiger partial charge in [0.05, 0.1) is 0 Å². The molecule has 2 aromatic rings. The third kappa shape index (κ3) is 2.78. The summed E-state index contributed by atoms with van der Waals surface area (Å²) in [5.41, 5.74) is 6.06. The Bertz CT molecular complexity index is 669. The third-order valence-corrected chi connectivity index (χ3v) is 4.83. The number of carbonyl (C=O) groups excluding carboxylic acids is 1. The van der Waals surface area contributed by atoms with Crippen molar-refractivity contribution in [2.75, 3.05) is 0 Å². The van der Waals surface area contributed by atoms with E-state index in [1.165, 1.54) is 23.1 Å². The van der Waals surface area contributed by atoms with Crippen molar-refractivity contribution in [2.24, 2.45) is 0 Å². The molecule has 2 aromatic carbocycles. The molecule has 1 unspecified atom stereocenters. The van der Waals surface area contributed by atoms with Crippen LogP contribution in [0.2, 0.25) is 0 Å². The molecular formula is C20H22O. The zero-order valence-corrected chi connectivity index (χ0v) is 12.9. The molecule has 0 bridgehead atoms. The van der Waals surface area contributed by atoms with Crippen molar-refractivity contribution in [3.8, 4) is 0 Å². The van der Waals surface area contributed by atoms with Gasteiger partial charge in [-0.25, -0.2) is 0 Å². The molecule has 1 atom stereocenters. The lowest BCUT2D eigenvalue weighted by Gasteiger charge is -2.25. The summed E-state index contributed by atoms with van der Waals surface area (Å²) < 4.78 is 0. The predicted octanol–water partition coefficient (Wildman–Crippen LogP) is 5.00. The highest BCUT2D eigenvalue weighted by molar-refractivity contribution is 5.98. The van der Waals surface area contributed by atoms with Crippen LogP contribution in [0.15, 0.2) is 42.5 Å². The van der Waals surface area contributed by atoms with Crippen molar-refractivity contribution in [3.05, 3.63) is 70.3 Å². The second-order valence-corrected chi connectivity index (χ2v) is 6.16. The third-order valence-electron chi connectivity index (χ3n) is 4.83. The van der Waals surface area contributed by atoms with Crippen LogP contribution < -0.4 is 0 Å². The van der Waals surface area contributed by atoms with Crippen molar-refractivity contribution < 1.29 is 4.79 Å². The van der Waals surface area contributed by atoms with Gasteiger partial charge in [-0.1, -0.05) is 42.5 Å². The molecule has 0 spiro atoms. The van der Waals surface area contributed by atoms with Crippen LogP contribution in [0.25, 0.3) is 0 Å². The smallest absolute Gasteiger partial charge is 0.163 e. The second kappa shape index (κ2) is 5.85. The van der Waals surface area contributed by atoms with Gasteiger partial charge in [-0.15, -0.1) is 0 Å². The van der Waals surface area contributed by atoms with Crippen molar-refractivity contribution in [1.82, 2.24) is 0 Å². The Morgan fingerprint density at radius 3 is 2.76 bits per heavy atom. The van der Waals surface area contributed by atoms with E-state index in [2.05, 4.69) is 44.2 Å². The first kappa shape index (κ1) is 14.1. The van der Waals surface area contributed by atoms with Gasteiger partial charge in [-0.2, -0.15) is 0 Å². The number of rotatable bonds is 3. The standard InChI is InChI=1S/C20H22O/c1-14-7-5-12-18(15(14)2)20(21)13-17-10-6-9-16-8-3-4-11-19(16)17/h3-5,7-8,11-12,17H,6,9-10,13H2,1-2H3. The summed E-state index contributed by atoms with van der Waals surface area (Å²) in [6, 6.07) is 14.7. The lowest BCUT2D eigenvalue weighted by molar-refractivity contribution is 0.0970. The number of Topliss-reactive ketones (excluding diaryl/α,β-unsaturated/α-hetero) is 1. The first-order valence-corrected chi connectivity index (χ1v) is 7.84. The monoisotopic (exact) mass is 278 g/mol. The number of hydrogen-bond acceptors (Lipinski definition) is 1. The molecule has 0 radical (unpaired) electrons. The van der Waals surface area contributed by atoms with Gasteiger partial charge in [0, 0.05) is 12.0 Å². The van der Waals surface area contributed by atoms with Crippen LogP contribution in [0.1, 0.15) is 57.8 Å². The Morgan fingerprint density at radius 1 is 1.10 bits per heavy atom. The van der Waals surface area contributed by atoms with E-state index in [9.17, 15) is 4.79 Å². The average molecular weight is 278 g/mol. The van der Waals surface area contributed by atoms with E-state index in [-0.39, 0.29) is 5.78 Å². The fourth-order valence-corrected chi connectivity index (χ4v) is 3.45. The van der Waals surface area contributed by atoms with Crippen molar-refractivity contribution in [3.63, 3.8) is 0 Å². The highest BCUT2D eigenvalue weighted by atomic mass is 16.1. The topological polar surface area (TPSA) is 17.1 Å². The van der Waals surface area contributed by atoms with Gasteiger partial charge in [0.1, 0.15) is 0 Å². The molecular weight excluding hydrogens is 256 g/mol. The first-order valence-electron chi connectivity index (χ1n) is 7.84. The minimum atomic E-state index is 0.290. The van der Waals surface area contributed by atoms with Gasteiger partial charge < -0.3 is 0 Å². The number of hydrogen-bond donors (Lipinski definition) is 0. The van der Waals surface area contributed by atoms with Crippen molar-refractivity contribution in [1.29, 1.82) is 0 Å². The van der Waals surface area contributed by atoms with Gasteiger partial charge in [-0.3, -0.25) is 4.79 Å². The zero-order chi connectivity index (χ0) is 14.8. The Hall–Kier alpha value is -1.89. The maximum atomic E-state index is 12.7. The summed E-state index contributed by atoms with van der Waals surface area (Å²) in [7, 11) is 0. The number of fused-ring (bicyclic) bond motifs is 1. The minimum absolute atomic E-state index is 0.290. The van der Waals surface area contributed by atoms with Gasteiger partial charge in [0.2, 0.25) is 0 Å². The van der Waals surface area contributed by atoms with E-state index in [4.69, 9.17) is 0 Å². The van der Waals surface area contributed by atoms with Crippen LogP contribution in [-0.4, -0.2) is 5.78 Å². The highest BCUT2D eigenvalue weighted by Gasteiger charge is 2.23. The van der Waals surface area contributed by atoms with Crippen LogP contribution in [0, 0.1) is 13.8 Å². The average Bonchev–Trinajstić information content (AvgIpc) is 2.50. The van der Waals surface area contributed by atoms with E-state index in [1.807, 2.05) is 12.1 Å². The molecule has 1 nitrogen and oxygen atoms in total. The predicted molar refractivity (Wildman–Crippen MR) is 87.0 cm³/mol. The molecule has 1 heteroatoms. The molecule has 0 fully saturated rings. The van der Waals surface area contributed by atoms with E-state index < -0.39 is 0 Å². The lowest BCUT2D eigenvalue weighted by Crippen LogP contribution is -2.14. The molecule has 0 aliphatic heterocycles. The molecule has 0 aromatic heterocycles. The van der Waals surface area contributed by atoms with Gasteiger partial charge in [0.15, 0.2) is 5.78 Å². The van der Waals surface area contributed by atoms with E-state index >= 15 is 0 Å². The Morgan fingerprint density at radius 2 is 1.90 bits per heavy atom. The first-order chi connectivity index (χ1) is 10.2. The summed E-state index contributed by atoms with van der Waals surface area (Å²) in [4.78, 5) is 12.7. The van der Waals surface area contributed by atoms with Gasteiger partial charge in [-0.05, 0) is 61.3 Å². The fourth-order valence-electron chi connectivity index (χ4n) is 3.45. The minimum Gasteiger partial charge on any atom is -0.294 e. The lowest BCUT2D eigenvalue weighted by atomic mass is 9.79. The van der Waals surface area contributed by atoms with Gasteiger partial charge in [0.25, 0.3) is 0 Å². The highest BCUT2D eigenvalue weighted by Crippen LogP contribution is 2.35. The molecule has 0 saturated heterocycles. The summed E-state index contributed by atoms with van der Waals surface area (Å²) >= 11 is 0. The quantitative estimate of drug-likeness (QED) is 0.722. The molecule has 0 heterocycles. The Balaban J connectivity index is 1.85. The van der Waals surface area contributed by atoms with Crippen LogP contribution in [0.4, 0.5) is 0 Å². The second-order valence-electron chi connectivity index (χ2n) is 6.16. The van der Waals surface area contributed by atoms with Gasteiger partial charge >= 0.3 is 0 Å². The number of carbonyl (C=O) groups is 1. The molecule has 21 heavy (non-hydrogen) atoms. The van der Waals surface area contributed by atoms with Crippen molar-refractivity contribution in [2.45, 2.75) is 45.4 Å². The molecule has 108 valence electrons. The van der Waals surface area contributed by atoms with Crippen molar-refractivity contribution >= 4 is 5.78 Å². The SMILES string of the molecule is Cc1cccc(C(=O)CC2CCCc3ccccc32)c1C. The zero-order valence-electron chi connectivity index (χ0n) is 12.9. The number of benzene rings is 2. The van der Waals surface area contributed by atoms with E-state index in [0.29, 0.717) is 12.3 Å². The maximum absolute atomic E-state index is 12.7. The molecule has 3 rings (SSSR count). The van der Waals surface area contributed by atoms with Crippen LogP contribution in [-0.2, 0) is 6.42 Å². The molecule has 1 aliphatic rings. The van der Waals surface area contributed by atoms with Crippen LogP contribution in [0.3, 0.4) is 0 Å². The van der Waals surface area contributed by atoms with E-state index in [1.54, 1.807) is 0 Å². The molecule has 0 amide bonds. The number of ketones is 1. The normalized spacial score (nSPS) is 17.3. The summed E-state index contributed by atoms with van der Waals surface area (Å²) in [6.45, 7) is 4.12. The van der Waals surface area contributed by atoms with Crippen LogP contribution in [0.5, 0.6) is 0 Å². The van der Waals surface area contributed by atoms with Crippen LogP contribution >= 0.6 is 0 Å². The molecule has 0 N–H and O–H groups in total. The summed E-state index contributed by atoms with van der Waals surface area (Å²) in [5.74, 6) is 0.681. The summed E-state index contributed by atoms with van der Waals surface area (Å²) in [5, 5.41) is 0. The number of aryl methyl sites for hydroxylation is 2. The summed E-state index contributed by atoms with van der Waals surface area (Å²) in [6.07, 6.45) is 4.13. The Labute approximate surface area is 127 Å². The molecule has 1 aliphatic carbocycles. The molecule has 0 saturated carbocycles. The van der Waals surface area contributed by atoms with E-state index in [0.717, 1.165) is 24.0 Å².